The first-order valence-electron chi connectivity index (χ1n) is 4.35. The van der Waals surface area contributed by atoms with Crippen molar-refractivity contribution in [1.82, 2.24) is 5.32 Å². The van der Waals surface area contributed by atoms with Gasteiger partial charge in [-0.1, -0.05) is 18.6 Å². The second-order valence-corrected chi connectivity index (χ2v) is 3.35. The zero-order chi connectivity index (χ0) is 7.68. The van der Waals surface area contributed by atoms with Gasteiger partial charge in [0, 0.05) is 0 Å². The Labute approximate surface area is 66.7 Å². The van der Waals surface area contributed by atoms with Crippen LogP contribution in [0.25, 0.3) is 0 Å². The SMILES string of the molecule is O=C1N[C@H]2/C=C\CCCC[C@@H]12. The molecule has 60 valence electrons. The second-order valence-electron chi connectivity index (χ2n) is 3.35. The Morgan fingerprint density at radius 2 is 2.36 bits per heavy atom. The number of fused-ring (bicyclic) bond motifs is 1. The lowest BCUT2D eigenvalue weighted by Crippen LogP contribution is -2.57. The van der Waals surface area contributed by atoms with E-state index >= 15 is 0 Å². The first-order chi connectivity index (χ1) is 5.38. The molecule has 0 radical (unpaired) electrons. The molecular weight excluding hydrogens is 138 g/mol. The van der Waals surface area contributed by atoms with E-state index in [-0.39, 0.29) is 5.91 Å². The van der Waals surface area contributed by atoms with Gasteiger partial charge in [0.2, 0.25) is 5.91 Å². The minimum Gasteiger partial charge on any atom is -0.349 e. The van der Waals surface area contributed by atoms with Gasteiger partial charge in [0.1, 0.15) is 0 Å². The van der Waals surface area contributed by atoms with E-state index in [1.54, 1.807) is 0 Å². The monoisotopic (exact) mass is 151 g/mol. The van der Waals surface area contributed by atoms with Gasteiger partial charge in [0.15, 0.2) is 0 Å². The molecule has 2 atom stereocenters. The molecule has 0 unspecified atom stereocenters. The smallest absolute Gasteiger partial charge is 0.226 e. The molecule has 2 aliphatic rings. The molecule has 0 spiro atoms. The number of hydrogen-bond donors (Lipinski definition) is 1. The molecule has 2 heteroatoms. The Hall–Kier alpha value is -0.790. The summed E-state index contributed by atoms with van der Waals surface area (Å²) >= 11 is 0. The highest BCUT2D eigenvalue weighted by atomic mass is 16.2. The molecule has 11 heavy (non-hydrogen) atoms. The van der Waals surface area contributed by atoms with E-state index in [1.807, 2.05) is 0 Å². The second kappa shape index (κ2) is 2.68. The highest BCUT2D eigenvalue weighted by Gasteiger charge is 2.36. The van der Waals surface area contributed by atoms with Crippen LogP contribution in [0.3, 0.4) is 0 Å². The number of allylic oxidation sites excluding steroid dienone is 1. The topological polar surface area (TPSA) is 29.1 Å². The summed E-state index contributed by atoms with van der Waals surface area (Å²) in [4.78, 5) is 11.0. The summed E-state index contributed by atoms with van der Waals surface area (Å²) in [6.45, 7) is 0. The van der Waals surface area contributed by atoms with Crippen LogP contribution in [0.2, 0.25) is 0 Å². The van der Waals surface area contributed by atoms with Crippen molar-refractivity contribution in [1.29, 1.82) is 0 Å². The normalized spacial score (nSPS) is 39.1. The first kappa shape index (κ1) is 6.89. The van der Waals surface area contributed by atoms with Gasteiger partial charge in [-0.3, -0.25) is 4.79 Å². The van der Waals surface area contributed by atoms with Gasteiger partial charge in [0.05, 0.1) is 12.0 Å². The van der Waals surface area contributed by atoms with Crippen molar-refractivity contribution in [3.63, 3.8) is 0 Å². The Morgan fingerprint density at radius 1 is 1.45 bits per heavy atom. The minimum absolute atomic E-state index is 0.251. The van der Waals surface area contributed by atoms with E-state index in [1.165, 1.54) is 19.3 Å². The maximum atomic E-state index is 11.0. The molecule has 1 heterocycles. The van der Waals surface area contributed by atoms with Crippen LogP contribution in [-0.4, -0.2) is 11.9 Å². The van der Waals surface area contributed by atoms with E-state index < -0.39 is 0 Å². The van der Waals surface area contributed by atoms with E-state index in [9.17, 15) is 4.79 Å². The van der Waals surface area contributed by atoms with Gasteiger partial charge in [-0.15, -0.1) is 0 Å². The quantitative estimate of drug-likeness (QED) is 0.409. The van der Waals surface area contributed by atoms with Crippen molar-refractivity contribution in [2.45, 2.75) is 31.7 Å². The van der Waals surface area contributed by atoms with Crippen LogP contribution in [0.1, 0.15) is 25.7 Å². The predicted octanol–water partition coefficient (Wildman–Crippen LogP) is 1.23. The van der Waals surface area contributed by atoms with Crippen LogP contribution in [-0.2, 0) is 4.79 Å². The third-order valence-electron chi connectivity index (χ3n) is 2.56. The first-order valence-corrected chi connectivity index (χ1v) is 4.35. The molecule has 1 saturated heterocycles. The van der Waals surface area contributed by atoms with Crippen molar-refractivity contribution < 1.29 is 4.79 Å². The Kier molecular flexibility index (Phi) is 1.68. The highest BCUT2D eigenvalue weighted by molar-refractivity contribution is 5.86. The van der Waals surface area contributed by atoms with Crippen LogP contribution in [0.4, 0.5) is 0 Å². The molecule has 1 amide bonds. The summed E-state index contributed by atoms with van der Waals surface area (Å²) in [6.07, 6.45) is 9.05. The molecule has 1 fully saturated rings. The molecule has 0 aromatic carbocycles. The predicted molar refractivity (Wildman–Crippen MR) is 43.0 cm³/mol. The van der Waals surface area contributed by atoms with E-state index in [0.29, 0.717) is 12.0 Å². The van der Waals surface area contributed by atoms with Crippen molar-refractivity contribution in [3.05, 3.63) is 12.2 Å². The van der Waals surface area contributed by atoms with Crippen LogP contribution < -0.4 is 5.32 Å². The van der Waals surface area contributed by atoms with E-state index in [2.05, 4.69) is 17.5 Å². The number of hydrogen-bond acceptors (Lipinski definition) is 1. The highest BCUT2D eigenvalue weighted by Crippen LogP contribution is 2.24. The summed E-state index contributed by atoms with van der Waals surface area (Å²) in [5, 5.41) is 2.89. The molecule has 2 nitrogen and oxygen atoms in total. The van der Waals surface area contributed by atoms with Gasteiger partial charge in [-0.25, -0.2) is 0 Å². The number of carbonyl (C=O) groups is 1. The van der Waals surface area contributed by atoms with Gasteiger partial charge in [-0.2, -0.15) is 0 Å². The van der Waals surface area contributed by atoms with Gasteiger partial charge in [0.25, 0.3) is 0 Å². The molecule has 1 aliphatic heterocycles. The van der Waals surface area contributed by atoms with Crippen molar-refractivity contribution in [3.8, 4) is 0 Å². The maximum absolute atomic E-state index is 11.0. The van der Waals surface area contributed by atoms with E-state index in [0.717, 1.165) is 6.42 Å². The van der Waals surface area contributed by atoms with Crippen molar-refractivity contribution in [2.24, 2.45) is 5.92 Å². The number of β-lactam (4-membered cyclic amide) rings is 1. The fraction of sp³-hybridized carbons (Fsp3) is 0.667. The lowest BCUT2D eigenvalue weighted by Gasteiger charge is -2.35. The average Bonchev–Trinajstić information content (AvgIpc) is 1.96. The van der Waals surface area contributed by atoms with Crippen molar-refractivity contribution in [2.75, 3.05) is 0 Å². The Morgan fingerprint density at radius 3 is 3.18 bits per heavy atom. The van der Waals surface area contributed by atoms with E-state index in [4.69, 9.17) is 0 Å². The van der Waals surface area contributed by atoms with Crippen LogP contribution in [0, 0.1) is 5.92 Å². The third kappa shape index (κ3) is 1.17. The molecule has 0 saturated carbocycles. The Bertz CT molecular complexity index is 198. The number of carbonyl (C=O) groups excluding carboxylic acids is 1. The lowest BCUT2D eigenvalue weighted by atomic mass is 9.84. The largest absolute Gasteiger partial charge is 0.349 e. The summed E-state index contributed by atoms with van der Waals surface area (Å²) in [6, 6.07) is 0.364. The van der Waals surface area contributed by atoms with Gasteiger partial charge < -0.3 is 5.32 Å². The lowest BCUT2D eigenvalue weighted by molar-refractivity contribution is -0.133. The molecule has 0 aromatic rings. The van der Waals surface area contributed by atoms with Crippen LogP contribution >= 0.6 is 0 Å². The number of rotatable bonds is 0. The molecule has 0 bridgehead atoms. The molecular formula is C9H13NO. The third-order valence-corrected chi connectivity index (χ3v) is 2.56. The molecule has 1 N–H and O–H groups in total. The zero-order valence-corrected chi connectivity index (χ0v) is 6.55. The molecule has 1 aliphatic carbocycles. The fourth-order valence-corrected chi connectivity index (χ4v) is 1.80. The standard InChI is InChI=1S/C9H13NO/c11-9-7-5-3-1-2-4-6-8(7)10-9/h4,6-8H,1-3,5H2,(H,10,11)/b6-4-/t7-,8+/m1/s1. The van der Waals surface area contributed by atoms with Gasteiger partial charge >= 0.3 is 0 Å². The molecule has 2 rings (SSSR count). The average molecular weight is 151 g/mol. The number of nitrogens with one attached hydrogen (secondary N) is 1. The summed E-state index contributed by atoms with van der Waals surface area (Å²) < 4.78 is 0. The maximum Gasteiger partial charge on any atom is 0.226 e. The van der Waals surface area contributed by atoms with Crippen LogP contribution in [0.15, 0.2) is 12.2 Å². The van der Waals surface area contributed by atoms with Crippen LogP contribution in [0.5, 0.6) is 0 Å². The van der Waals surface area contributed by atoms with Gasteiger partial charge in [-0.05, 0) is 19.3 Å². The fourth-order valence-electron chi connectivity index (χ4n) is 1.80. The summed E-state index contributed by atoms with van der Waals surface area (Å²) in [7, 11) is 0. The zero-order valence-electron chi connectivity index (χ0n) is 6.55. The molecule has 0 aromatic heterocycles. The minimum atomic E-state index is 0.251. The Balaban J connectivity index is 2.04. The number of amides is 1. The van der Waals surface area contributed by atoms with Crippen molar-refractivity contribution >= 4 is 5.91 Å². The summed E-state index contributed by atoms with van der Waals surface area (Å²) in [5.41, 5.74) is 0. The summed E-state index contributed by atoms with van der Waals surface area (Å²) in [5.74, 6) is 0.549.